The van der Waals surface area contributed by atoms with Crippen LogP contribution in [0.15, 0.2) is 18.2 Å². The molecule has 0 aromatic heterocycles. The molecule has 0 bridgehead atoms. The SMILES string of the molecule is Nc1ccc(C(O)C(O)C(=O)O)cc1Cl. The molecule has 2 unspecified atom stereocenters. The maximum Gasteiger partial charge on any atom is 0.335 e. The highest BCUT2D eigenvalue weighted by molar-refractivity contribution is 6.33. The van der Waals surface area contributed by atoms with Crippen molar-refractivity contribution in [2.24, 2.45) is 0 Å². The number of aliphatic hydroxyl groups excluding tert-OH is 2. The zero-order valence-electron chi connectivity index (χ0n) is 7.59. The van der Waals surface area contributed by atoms with Crippen LogP contribution in [0.3, 0.4) is 0 Å². The molecular formula is C9H10ClNO4. The van der Waals surface area contributed by atoms with E-state index in [9.17, 15) is 9.90 Å². The fourth-order valence-electron chi connectivity index (χ4n) is 1.04. The third-order valence-electron chi connectivity index (χ3n) is 1.92. The fraction of sp³-hybridized carbons (Fsp3) is 0.222. The van der Waals surface area contributed by atoms with E-state index >= 15 is 0 Å². The molecule has 0 saturated heterocycles. The lowest BCUT2D eigenvalue weighted by atomic mass is 10.0. The molecule has 0 fully saturated rings. The fourth-order valence-corrected chi connectivity index (χ4v) is 1.23. The first kappa shape index (κ1) is 11.8. The number of carbonyl (C=O) groups is 1. The van der Waals surface area contributed by atoms with Crippen molar-refractivity contribution in [3.63, 3.8) is 0 Å². The number of rotatable bonds is 3. The van der Waals surface area contributed by atoms with E-state index in [2.05, 4.69) is 0 Å². The average molecular weight is 232 g/mol. The highest BCUT2D eigenvalue weighted by Gasteiger charge is 2.25. The molecular weight excluding hydrogens is 222 g/mol. The molecule has 15 heavy (non-hydrogen) atoms. The van der Waals surface area contributed by atoms with Gasteiger partial charge in [-0.2, -0.15) is 0 Å². The monoisotopic (exact) mass is 231 g/mol. The Balaban J connectivity index is 2.96. The number of aliphatic hydroxyl groups is 2. The van der Waals surface area contributed by atoms with Gasteiger partial charge in [0.1, 0.15) is 6.10 Å². The van der Waals surface area contributed by atoms with Crippen molar-refractivity contribution in [3.05, 3.63) is 28.8 Å². The molecule has 2 atom stereocenters. The number of anilines is 1. The van der Waals surface area contributed by atoms with E-state index in [-0.39, 0.29) is 10.6 Å². The number of carboxylic acid groups (broad SMARTS) is 1. The molecule has 0 heterocycles. The Morgan fingerprint density at radius 2 is 2.00 bits per heavy atom. The van der Waals surface area contributed by atoms with Crippen LogP contribution in [-0.2, 0) is 4.79 Å². The lowest BCUT2D eigenvalue weighted by Gasteiger charge is -2.14. The summed E-state index contributed by atoms with van der Waals surface area (Å²) in [6.07, 6.45) is -3.41. The predicted octanol–water partition coefficient (Wildman–Crippen LogP) is 0.401. The number of aliphatic carboxylic acids is 1. The van der Waals surface area contributed by atoms with Gasteiger partial charge >= 0.3 is 5.97 Å². The molecule has 1 aromatic carbocycles. The van der Waals surface area contributed by atoms with Crippen LogP contribution in [0, 0.1) is 0 Å². The number of carboxylic acids is 1. The minimum absolute atomic E-state index is 0.198. The van der Waals surface area contributed by atoms with Gasteiger partial charge < -0.3 is 21.1 Å². The van der Waals surface area contributed by atoms with Gasteiger partial charge in [0, 0.05) is 0 Å². The summed E-state index contributed by atoms with van der Waals surface area (Å²) in [7, 11) is 0. The minimum atomic E-state index is -1.88. The van der Waals surface area contributed by atoms with E-state index in [4.69, 9.17) is 27.5 Å². The summed E-state index contributed by atoms with van der Waals surface area (Å²) in [6.45, 7) is 0. The second kappa shape index (κ2) is 4.48. The van der Waals surface area contributed by atoms with Gasteiger partial charge in [-0.25, -0.2) is 4.79 Å². The average Bonchev–Trinajstić information content (AvgIpc) is 2.19. The molecule has 82 valence electrons. The largest absolute Gasteiger partial charge is 0.479 e. The Kier molecular flexibility index (Phi) is 3.52. The first-order valence-electron chi connectivity index (χ1n) is 4.07. The van der Waals surface area contributed by atoms with Crippen molar-refractivity contribution in [2.75, 3.05) is 5.73 Å². The highest BCUT2D eigenvalue weighted by atomic mass is 35.5. The van der Waals surface area contributed by atoms with Gasteiger partial charge in [-0.05, 0) is 17.7 Å². The molecule has 0 saturated carbocycles. The lowest BCUT2D eigenvalue weighted by Crippen LogP contribution is -2.27. The molecule has 0 aliphatic rings. The Morgan fingerprint density at radius 3 is 2.47 bits per heavy atom. The summed E-state index contributed by atoms with van der Waals surface area (Å²) in [6, 6.07) is 4.14. The van der Waals surface area contributed by atoms with E-state index in [0.717, 1.165) is 0 Å². The number of nitrogen functional groups attached to an aromatic ring is 1. The summed E-state index contributed by atoms with van der Waals surface area (Å²) in [5, 5.41) is 27.2. The summed E-state index contributed by atoms with van der Waals surface area (Å²) >= 11 is 5.68. The van der Waals surface area contributed by atoms with Crippen LogP contribution in [0.1, 0.15) is 11.7 Å². The smallest absolute Gasteiger partial charge is 0.335 e. The Labute approximate surface area is 90.7 Å². The molecule has 5 N–H and O–H groups in total. The van der Waals surface area contributed by atoms with E-state index in [0.29, 0.717) is 5.69 Å². The van der Waals surface area contributed by atoms with Crippen molar-refractivity contribution in [1.82, 2.24) is 0 Å². The van der Waals surface area contributed by atoms with Gasteiger partial charge in [-0.15, -0.1) is 0 Å². The van der Waals surface area contributed by atoms with Crippen molar-refractivity contribution in [2.45, 2.75) is 12.2 Å². The molecule has 0 spiro atoms. The highest BCUT2D eigenvalue weighted by Crippen LogP contribution is 2.25. The van der Waals surface area contributed by atoms with Crippen LogP contribution in [0.2, 0.25) is 5.02 Å². The maximum absolute atomic E-state index is 10.4. The van der Waals surface area contributed by atoms with E-state index < -0.39 is 18.2 Å². The van der Waals surface area contributed by atoms with E-state index in [1.165, 1.54) is 18.2 Å². The predicted molar refractivity (Wildman–Crippen MR) is 54.5 cm³/mol. The van der Waals surface area contributed by atoms with Crippen molar-refractivity contribution in [1.29, 1.82) is 0 Å². The second-order valence-corrected chi connectivity index (χ2v) is 3.42. The third kappa shape index (κ3) is 2.59. The molecule has 5 nitrogen and oxygen atoms in total. The summed E-state index contributed by atoms with van der Waals surface area (Å²) in [4.78, 5) is 10.4. The van der Waals surface area contributed by atoms with Gasteiger partial charge in [-0.1, -0.05) is 17.7 Å². The summed E-state index contributed by atoms with van der Waals surface area (Å²) in [5.41, 5.74) is 5.95. The molecule has 1 rings (SSSR count). The van der Waals surface area contributed by atoms with Gasteiger partial charge in [-0.3, -0.25) is 0 Å². The number of hydrogen-bond donors (Lipinski definition) is 4. The molecule has 0 amide bonds. The van der Waals surface area contributed by atoms with Crippen molar-refractivity contribution >= 4 is 23.3 Å². The lowest BCUT2D eigenvalue weighted by molar-refractivity contribution is -0.153. The van der Waals surface area contributed by atoms with Crippen molar-refractivity contribution < 1.29 is 20.1 Å². The van der Waals surface area contributed by atoms with Crippen LogP contribution in [0.4, 0.5) is 5.69 Å². The van der Waals surface area contributed by atoms with Crippen LogP contribution in [-0.4, -0.2) is 27.4 Å². The van der Waals surface area contributed by atoms with Gasteiger partial charge in [0.05, 0.1) is 10.7 Å². The molecule has 0 radical (unpaired) electrons. The first-order valence-corrected chi connectivity index (χ1v) is 4.45. The van der Waals surface area contributed by atoms with Gasteiger partial charge in [0.15, 0.2) is 6.10 Å². The van der Waals surface area contributed by atoms with Gasteiger partial charge in [0.2, 0.25) is 0 Å². The Hall–Kier alpha value is -1.30. The van der Waals surface area contributed by atoms with Gasteiger partial charge in [0.25, 0.3) is 0 Å². The number of benzene rings is 1. The Bertz CT molecular complexity index is 382. The summed E-state index contributed by atoms with van der Waals surface area (Å²) in [5.74, 6) is -1.50. The van der Waals surface area contributed by atoms with Crippen LogP contribution < -0.4 is 5.73 Å². The van der Waals surface area contributed by atoms with E-state index in [1.807, 2.05) is 0 Å². The standard InChI is InChI=1S/C9H10ClNO4/c10-5-3-4(1-2-6(5)11)7(12)8(13)9(14)15/h1-3,7-8,12-13H,11H2,(H,14,15). The minimum Gasteiger partial charge on any atom is -0.479 e. The zero-order valence-corrected chi connectivity index (χ0v) is 8.35. The molecule has 0 aliphatic carbocycles. The first-order chi connectivity index (χ1) is 6.93. The Morgan fingerprint density at radius 1 is 1.40 bits per heavy atom. The quantitative estimate of drug-likeness (QED) is 0.564. The maximum atomic E-state index is 10.4. The topological polar surface area (TPSA) is 104 Å². The van der Waals surface area contributed by atoms with Crippen LogP contribution in [0.25, 0.3) is 0 Å². The summed E-state index contributed by atoms with van der Waals surface area (Å²) < 4.78 is 0. The van der Waals surface area contributed by atoms with Crippen molar-refractivity contribution in [3.8, 4) is 0 Å². The second-order valence-electron chi connectivity index (χ2n) is 3.01. The number of halogens is 1. The molecule has 6 heteroatoms. The molecule has 1 aromatic rings. The third-order valence-corrected chi connectivity index (χ3v) is 2.25. The van der Waals surface area contributed by atoms with Crippen LogP contribution in [0.5, 0.6) is 0 Å². The number of nitrogens with two attached hydrogens (primary N) is 1. The van der Waals surface area contributed by atoms with E-state index in [1.54, 1.807) is 0 Å². The number of hydrogen-bond acceptors (Lipinski definition) is 4. The zero-order chi connectivity index (χ0) is 11.6. The normalized spacial score (nSPS) is 14.6. The van der Waals surface area contributed by atoms with Crippen LogP contribution >= 0.6 is 11.6 Å². The molecule has 0 aliphatic heterocycles.